The molecule has 6 nitrogen and oxygen atoms in total. The monoisotopic (exact) mass is 278 g/mol. The molecule has 0 fully saturated rings. The van der Waals surface area contributed by atoms with Gasteiger partial charge < -0.3 is 10.4 Å². The fourth-order valence-corrected chi connectivity index (χ4v) is 2.10. The quantitative estimate of drug-likeness (QED) is 0.794. The van der Waals surface area contributed by atoms with Crippen LogP contribution in [0.2, 0.25) is 0 Å². The Labute approximate surface area is 114 Å². The van der Waals surface area contributed by atoms with Gasteiger partial charge >= 0.3 is 6.03 Å². The lowest BCUT2D eigenvalue weighted by Crippen LogP contribution is -2.34. The van der Waals surface area contributed by atoms with Crippen molar-refractivity contribution >= 4 is 22.5 Å². The molecule has 0 spiro atoms. The third-order valence-corrected chi connectivity index (χ3v) is 3.11. The molecule has 2 amide bonds. The number of carbonyl (C=O) groups is 1. The van der Waals surface area contributed by atoms with E-state index in [0.29, 0.717) is 5.13 Å². The van der Waals surface area contributed by atoms with Gasteiger partial charge in [-0.2, -0.15) is 0 Å². The summed E-state index contributed by atoms with van der Waals surface area (Å²) in [5.74, 6) is 0. The minimum Gasteiger partial charge on any atom is -0.392 e. The smallest absolute Gasteiger partial charge is 0.321 e. The zero-order chi connectivity index (χ0) is 13.7. The molecule has 100 valence electrons. The van der Waals surface area contributed by atoms with Crippen molar-refractivity contribution in [2.45, 2.75) is 13.0 Å². The molecule has 1 aromatic heterocycles. The summed E-state index contributed by atoms with van der Waals surface area (Å²) in [6, 6.07) is 9.21. The van der Waals surface area contributed by atoms with Crippen LogP contribution in [0.5, 0.6) is 0 Å². The maximum absolute atomic E-state index is 11.5. The summed E-state index contributed by atoms with van der Waals surface area (Å²) in [6.07, 6.45) is -0.583. The number of carbonyl (C=O) groups excluding carboxylic acids is 1. The van der Waals surface area contributed by atoms with Crippen molar-refractivity contribution in [3.63, 3.8) is 0 Å². The largest absolute Gasteiger partial charge is 0.392 e. The highest BCUT2D eigenvalue weighted by atomic mass is 32.1. The van der Waals surface area contributed by atoms with Crippen LogP contribution in [-0.2, 0) is 0 Å². The molecule has 1 aromatic carbocycles. The van der Waals surface area contributed by atoms with Gasteiger partial charge in [-0.05, 0) is 6.92 Å². The summed E-state index contributed by atoms with van der Waals surface area (Å²) < 4.78 is 0. The zero-order valence-corrected chi connectivity index (χ0v) is 11.1. The lowest BCUT2D eigenvalue weighted by Gasteiger charge is -2.06. The zero-order valence-electron chi connectivity index (χ0n) is 10.3. The highest BCUT2D eigenvalue weighted by Crippen LogP contribution is 2.25. The fourth-order valence-electron chi connectivity index (χ4n) is 1.35. The van der Waals surface area contributed by atoms with Crippen molar-refractivity contribution in [2.75, 3.05) is 11.9 Å². The maximum Gasteiger partial charge on any atom is 0.321 e. The van der Waals surface area contributed by atoms with Crippen LogP contribution in [0.3, 0.4) is 0 Å². The summed E-state index contributed by atoms with van der Waals surface area (Å²) in [4.78, 5) is 11.5. The Morgan fingerprint density at radius 3 is 2.79 bits per heavy atom. The first-order chi connectivity index (χ1) is 9.15. The second kappa shape index (κ2) is 6.26. The standard InChI is InChI=1S/C12H14N4O2S/c1-8(17)7-13-11(18)14-12-16-15-10(19-12)9-5-3-2-4-6-9/h2-6,8,17H,7H2,1H3,(H2,13,14,16,18). The van der Waals surface area contributed by atoms with Gasteiger partial charge in [0, 0.05) is 12.1 Å². The predicted molar refractivity (Wildman–Crippen MR) is 74.0 cm³/mol. The van der Waals surface area contributed by atoms with Gasteiger partial charge in [-0.15, -0.1) is 10.2 Å². The van der Waals surface area contributed by atoms with Gasteiger partial charge in [0.25, 0.3) is 0 Å². The van der Waals surface area contributed by atoms with E-state index in [0.717, 1.165) is 10.6 Å². The first-order valence-corrected chi connectivity index (χ1v) is 6.58. The third-order valence-electron chi connectivity index (χ3n) is 2.22. The molecule has 1 unspecified atom stereocenters. The van der Waals surface area contributed by atoms with Gasteiger partial charge in [0.05, 0.1) is 6.10 Å². The molecule has 1 atom stereocenters. The Bertz CT molecular complexity index is 542. The topological polar surface area (TPSA) is 87.1 Å². The van der Waals surface area contributed by atoms with E-state index in [2.05, 4.69) is 20.8 Å². The molecular weight excluding hydrogens is 264 g/mol. The molecule has 0 saturated heterocycles. The minimum atomic E-state index is -0.583. The lowest BCUT2D eigenvalue weighted by molar-refractivity contribution is 0.190. The number of aromatic nitrogens is 2. The van der Waals surface area contributed by atoms with Crippen LogP contribution in [0.4, 0.5) is 9.93 Å². The van der Waals surface area contributed by atoms with Crippen LogP contribution in [0.1, 0.15) is 6.92 Å². The number of urea groups is 1. The van der Waals surface area contributed by atoms with Gasteiger partial charge in [-0.25, -0.2) is 4.79 Å². The van der Waals surface area contributed by atoms with Gasteiger partial charge in [0.2, 0.25) is 5.13 Å². The number of hydrogen-bond donors (Lipinski definition) is 3. The molecule has 0 aliphatic carbocycles. The van der Waals surface area contributed by atoms with Crippen LogP contribution in [0, 0.1) is 0 Å². The molecule has 0 aliphatic rings. The predicted octanol–water partition coefficient (Wildman–Crippen LogP) is 1.71. The molecule has 3 N–H and O–H groups in total. The Morgan fingerprint density at radius 1 is 1.37 bits per heavy atom. The number of rotatable bonds is 4. The number of hydrogen-bond acceptors (Lipinski definition) is 5. The van der Waals surface area contributed by atoms with E-state index in [-0.39, 0.29) is 6.54 Å². The fraction of sp³-hybridized carbons (Fsp3) is 0.250. The highest BCUT2D eigenvalue weighted by Gasteiger charge is 2.09. The number of aliphatic hydroxyl groups excluding tert-OH is 1. The van der Waals surface area contributed by atoms with Crippen molar-refractivity contribution in [3.05, 3.63) is 30.3 Å². The summed E-state index contributed by atoms with van der Waals surface area (Å²) in [7, 11) is 0. The van der Waals surface area contributed by atoms with Crippen molar-refractivity contribution in [3.8, 4) is 10.6 Å². The van der Waals surface area contributed by atoms with Crippen LogP contribution in [0.15, 0.2) is 30.3 Å². The molecule has 0 bridgehead atoms. The highest BCUT2D eigenvalue weighted by molar-refractivity contribution is 7.18. The SMILES string of the molecule is CC(O)CNC(=O)Nc1nnc(-c2ccccc2)s1. The molecule has 7 heteroatoms. The maximum atomic E-state index is 11.5. The van der Waals surface area contributed by atoms with E-state index in [1.165, 1.54) is 11.3 Å². The van der Waals surface area contributed by atoms with Crippen LogP contribution in [-0.4, -0.2) is 34.0 Å². The molecule has 19 heavy (non-hydrogen) atoms. The molecular formula is C12H14N4O2S. The summed E-state index contributed by atoms with van der Waals surface area (Å²) >= 11 is 1.29. The average Bonchev–Trinajstić information content (AvgIpc) is 2.86. The third kappa shape index (κ3) is 4.01. The lowest BCUT2D eigenvalue weighted by atomic mass is 10.2. The molecule has 0 saturated carbocycles. The molecule has 0 radical (unpaired) electrons. The van der Waals surface area contributed by atoms with E-state index in [9.17, 15) is 4.79 Å². The van der Waals surface area contributed by atoms with E-state index >= 15 is 0 Å². The van der Waals surface area contributed by atoms with E-state index in [1.807, 2.05) is 30.3 Å². The average molecular weight is 278 g/mol. The van der Waals surface area contributed by atoms with Crippen molar-refractivity contribution in [1.82, 2.24) is 15.5 Å². The Kier molecular flexibility index (Phi) is 4.43. The Balaban J connectivity index is 1.96. The molecule has 2 aromatic rings. The second-order valence-corrected chi connectivity index (χ2v) is 4.94. The van der Waals surface area contributed by atoms with E-state index in [1.54, 1.807) is 6.92 Å². The van der Waals surface area contributed by atoms with Crippen LogP contribution >= 0.6 is 11.3 Å². The van der Waals surface area contributed by atoms with Crippen molar-refractivity contribution < 1.29 is 9.90 Å². The minimum absolute atomic E-state index is 0.191. The van der Waals surface area contributed by atoms with Crippen molar-refractivity contribution in [1.29, 1.82) is 0 Å². The molecule has 1 heterocycles. The summed E-state index contributed by atoms with van der Waals surface area (Å²) in [5, 5.41) is 23.2. The van der Waals surface area contributed by atoms with E-state index < -0.39 is 12.1 Å². The van der Waals surface area contributed by atoms with Crippen LogP contribution < -0.4 is 10.6 Å². The first-order valence-electron chi connectivity index (χ1n) is 5.77. The van der Waals surface area contributed by atoms with E-state index in [4.69, 9.17) is 5.11 Å². The summed E-state index contributed by atoms with van der Waals surface area (Å²) in [5.41, 5.74) is 0.956. The van der Waals surface area contributed by atoms with Gasteiger partial charge in [-0.3, -0.25) is 5.32 Å². The van der Waals surface area contributed by atoms with Crippen molar-refractivity contribution in [2.24, 2.45) is 0 Å². The molecule has 2 rings (SSSR count). The Hall–Kier alpha value is -1.99. The van der Waals surface area contributed by atoms with Gasteiger partial charge in [0.15, 0.2) is 0 Å². The van der Waals surface area contributed by atoms with Crippen LogP contribution in [0.25, 0.3) is 10.6 Å². The number of nitrogens with one attached hydrogen (secondary N) is 2. The number of benzene rings is 1. The van der Waals surface area contributed by atoms with Gasteiger partial charge in [0.1, 0.15) is 5.01 Å². The normalized spacial score (nSPS) is 11.9. The number of nitrogens with zero attached hydrogens (tertiary/aromatic N) is 2. The number of amides is 2. The number of aliphatic hydroxyl groups is 1. The number of anilines is 1. The van der Waals surface area contributed by atoms with Gasteiger partial charge in [-0.1, -0.05) is 41.7 Å². The second-order valence-electron chi connectivity index (χ2n) is 3.96. The summed E-state index contributed by atoms with van der Waals surface area (Å²) in [6.45, 7) is 1.79. The Morgan fingerprint density at radius 2 is 2.11 bits per heavy atom. The molecule has 0 aliphatic heterocycles. The first kappa shape index (κ1) is 13.4.